The van der Waals surface area contributed by atoms with Gasteiger partial charge in [0, 0.05) is 32.6 Å². The Morgan fingerprint density at radius 2 is 0.519 bits per heavy atom. The molecule has 0 aliphatic carbocycles. The van der Waals surface area contributed by atoms with Crippen molar-refractivity contribution < 1.29 is 106 Å². The van der Waals surface area contributed by atoms with Gasteiger partial charge in [0.25, 0.3) is 0 Å². The molecule has 0 fully saturated rings. The van der Waals surface area contributed by atoms with E-state index in [1.165, 1.54) is 6.92 Å². The van der Waals surface area contributed by atoms with Gasteiger partial charge in [-0.25, -0.2) is 28.8 Å². The van der Waals surface area contributed by atoms with Crippen LogP contribution >= 0.6 is 0 Å². The third-order valence-corrected chi connectivity index (χ3v) is 20.3. The summed E-state index contributed by atoms with van der Waals surface area (Å²) >= 11 is 0. The first-order chi connectivity index (χ1) is 62.1. The zero-order valence-electron chi connectivity index (χ0n) is 73.5. The van der Waals surface area contributed by atoms with E-state index in [1.54, 1.807) is 172 Å². The number of carboxylic acids is 1. The molecule has 0 spiro atoms. The van der Waals surface area contributed by atoms with Crippen molar-refractivity contribution in [2.45, 2.75) is 236 Å². The fraction of sp³-hybridized carbons (Fsp3) is 0.462. The first-order valence-corrected chi connectivity index (χ1v) is 43.7. The molecule has 129 heavy (non-hydrogen) atoms. The fourth-order valence-electron chi connectivity index (χ4n) is 13.2. The molecule has 36 heteroatoms. The zero-order valence-corrected chi connectivity index (χ0v) is 73.5. The maximum absolute atomic E-state index is 15.4. The Bertz CT molecular complexity index is 4420. The quantitative estimate of drug-likeness (QED) is 0.0138. The van der Waals surface area contributed by atoms with Gasteiger partial charge in [-0.3, -0.25) is 38.4 Å². The number of ether oxygens (including phenoxy) is 5. The molecule has 13 amide bonds. The van der Waals surface area contributed by atoms with Crippen molar-refractivity contribution in [1.29, 1.82) is 0 Å². The number of aliphatic hydroxyl groups is 2. The maximum Gasteiger partial charge on any atom is 0.408 e. The Morgan fingerprint density at radius 3 is 0.798 bits per heavy atom. The first kappa shape index (κ1) is 105. The van der Waals surface area contributed by atoms with Gasteiger partial charge in [0.05, 0.1) is 12.2 Å². The average Bonchev–Trinajstić information content (AvgIpc) is 0.855. The van der Waals surface area contributed by atoms with Gasteiger partial charge < -0.3 is 114 Å². The number of aliphatic hydroxyl groups excluding tert-OH is 2. The number of carbonyl (C=O) groups is 14. The third-order valence-electron chi connectivity index (χ3n) is 20.3. The summed E-state index contributed by atoms with van der Waals surface area (Å²) < 4.78 is 26.8. The number of carbonyl (C=O) groups excluding carboxylic acids is 13. The lowest BCUT2D eigenvalue weighted by atomic mass is 9.99. The van der Waals surface area contributed by atoms with Crippen molar-refractivity contribution in [3.05, 3.63) is 215 Å². The van der Waals surface area contributed by atoms with Crippen LogP contribution in [0.15, 0.2) is 182 Å². The summed E-state index contributed by atoms with van der Waals surface area (Å²) in [5, 5.41) is 65.8. The van der Waals surface area contributed by atoms with Crippen LogP contribution in [-0.4, -0.2) is 198 Å². The van der Waals surface area contributed by atoms with Crippen molar-refractivity contribution in [1.82, 2.24) is 69.1 Å². The molecule has 0 saturated carbocycles. The molecule has 0 unspecified atom stereocenters. The Morgan fingerprint density at radius 1 is 0.279 bits per heavy atom. The van der Waals surface area contributed by atoms with E-state index >= 15 is 19.2 Å². The van der Waals surface area contributed by atoms with E-state index < -0.39 is 150 Å². The second-order valence-electron chi connectivity index (χ2n) is 31.5. The minimum absolute atomic E-state index is 0.00880. The highest BCUT2D eigenvalue weighted by Gasteiger charge is 2.37. The molecule has 6 rings (SSSR count). The summed E-state index contributed by atoms with van der Waals surface area (Å²) in [4.78, 5) is 196. The number of aliphatic carboxylic acids is 1. The molecule has 0 aliphatic heterocycles. The lowest BCUT2D eigenvalue weighted by Gasteiger charge is -2.29. The molecule has 700 valence electrons. The minimum atomic E-state index is -1.83. The second-order valence-corrected chi connectivity index (χ2v) is 31.5. The first-order valence-electron chi connectivity index (χ1n) is 43.7. The molecule has 0 bridgehead atoms. The predicted molar refractivity (Wildman–Crippen MR) is 476 cm³/mol. The number of hydrogen-bond donors (Lipinski definition) is 17. The van der Waals surface area contributed by atoms with Crippen LogP contribution in [0.3, 0.4) is 0 Å². The molecule has 11 atom stereocenters. The number of alkyl carbamates (subject to hydrolysis) is 5. The smallest absolute Gasteiger partial charge is 0.408 e. The lowest BCUT2D eigenvalue weighted by molar-refractivity contribution is -0.145. The van der Waals surface area contributed by atoms with Crippen molar-refractivity contribution in [3.63, 3.8) is 0 Å². The van der Waals surface area contributed by atoms with Crippen molar-refractivity contribution in [2.75, 3.05) is 32.7 Å². The van der Waals surface area contributed by atoms with E-state index in [0.717, 1.165) is 29.2 Å². The standard InChI is InChI=1S/C93H126N14O22/c1-62(2)55-76(85(115)102-72(46-24-29-51-95-89(120)125-57-66-35-13-6-14-36-66)81(111)101-75(84(114)106-79(64(4)109)88(118)119)49-27-32-54-98-92(123)128-60-69-41-19-9-20-42-69)104-86(116)77(56-65-33-11-5-12-34-65)105-83(113)73(47-25-30-52-96-90(121)126-58-67-37-15-7-16-38-67)100-80(110)71(45-23-28-50-94)99-82(112)74(48-26-31-53-97-91(122)127-59-68-39-17-8-18-40-68)103-87(117)78(63(3)108)107-93(124)129-61-70-43-21-10-22-44-70/h5-22,33-44,62-64,71-79,108-109H,23-32,45-61,94H2,1-4H3,(H,95,120)(H,96,121)(H,97,122)(H,98,123)(H,99,112)(H,100,110)(H,101,111)(H,102,115)(H,103,117)(H,104,116)(H,105,113)(H,106,114)(H,107,124)(H,118,119)/t63-,64-,71+,72+,73+,74+,75+,76+,77-,78+,79+/m1/s1. The molecule has 0 aliphatic rings. The van der Waals surface area contributed by atoms with Gasteiger partial charge in [0.15, 0.2) is 6.04 Å². The summed E-state index contributed by atoms with van der Waals surface area (Å²) in [5.74, 6) is -9.50. The number of nitrogens with two attached hydrogens (primary N) is 1. The van der Waals surface area contributed by atoms with Gasteiger partial charge in [-0.2, -0.15) is 0 Å². The molecule has 0 aromatic heterocycles. The molecule has 6 aromatic carbocycles. The number of hydrogen-bond acceptors (Lipinski definition) is 22. The van der Waals surface area contributed by atoms with Crippen LogP contribution in [0.2, 0.25) is 0 Å². The summed E-state index contributed by atoms with van der Waals surface area (Å²) in [6.45, 7) is 5.97. The zero-order chi connectivity index (χ0) is 93.5. The monoisotopic (exact) mass is 1790 g/mol. The summed E-state index contributed by atoms with van der Waals surface area (Å²) in [6.07, 6.45) is -6.22. The molecular formula is C93H126N14O22. The van der Waals surface area contributed by atoms with Crippen molar-refractivity contribution in [2.24, 2.45) is 11.7 Å². The van der Waals surface area contributed by atoms with E-state index in [-0.39, 0.29) is 174 Å². The Kier molecular flexibility index (Phi) is 48.4. The Labute approximate surface area is 751 Å². The number of rotatable bonds is 58. The largest absolute Gasteiger partial charge is 0.480 e. The number of benzene rings is 6. The number of carboxylic acid groups (broad SMARTS) is 1. The fourth-order valence-corrected chi connectivity index (χ4v) is 13.2. The Balaban J connectivity index is 1.28. The summed E-state index contributed by atoms with van der Waals surface area (Å²) in [7, 11) is 0. The molecule has 6 aromatic rings. The minimum Gasteiger partial charge on any atom is -0.480 e. The third kappa shape index (κ3) is 42.8. The molecule has 18 N–H and O–H groups in total. The maximum atomic E-state index is 15.4. The molecule has 0 saturated heterocycles. The highest BCUT2D eigenvalue weighted by Crippen LogP contribution is 2.17. The van der Waals surface area contributed by atoms with Crippen molar-refractivity contribution >= 4 is 83.7 Å². The molecular weight excluding hydrogens is 1670 g/mol. The second kappa shape index (κ2) is 59.7. The number of unbranched alkanes of at least 4 members (excludes halogenated alkanes) is 5. The SMILES string of the molecule is CC(C)C[C@H](NC(=O)[C@@H](Cc1ccccc1)NC(=O)[C@H](CCCCNC(=O)OCc1ccccc1)NC(=O)[C@H](CCCCN)NC(=O)[C@H](CCCCNC(=O)OCc1ccccc1)NC(=O)[C@@H](NC(=O)OCc1ccccc1)[C@@H](C)O)C(=O)N[C@@H](CCCCNC(=O)OCc1ccccc1)C(=O)N[C@@H](CCCCNC(=O)OCc1ccccc1)C(=O)N[C@H](C(=O)O)[C@@H](C)O. The van der Waals surface area contributed by atoms with Gasteiger partial charge in [-0.15, -0.1) is 0 Å². The van der Waals surface area contributed by atoms with Crippen LogP contribution < -0.4 is 74.9 Å². The van der Waals surface area contributed by atoms with E-state index in [1.807, 2.05) is 24.3 Å². The predicted octanol–water partition coefficient (Wildman–Crippen LogP) is 6.81. The van der Waals surface area contributed by atoms with E-state index in [2.05, 4.69) is 69.1 Å². The Hall–Kier alpha value is -13.2. The normalized spacial score (nSPS) is 13.5. The summed E-state index contributed by atoms with van der Waals surface area (Å²) in [5.41, 5.74) is 10.1. The molecule has 0 heterocycles. The molecule has 36 nitrogen and oxygen atoms in total. The highest BCUT2D eigenvalue weighted by molar-refractivity contribution is 5.98. The van der Waals surface area contributed by atoms with Gasteiger partial charge in [0.1, 0.15) is 81.4 Å². The van der Waals surface area contributed by atoms with Crippen molar-refractivity contribution in [3.8, 4) is 0 Å². The van der Waals surface area contributed by atoms with Crippen LogP contribution in [0, 0.1) is 5.92 Å². The topological polar surface area (TPSA) is 528 Å². The average molecular weight is 1790 g/mol. The van der Waals surface area contributed by atoms with Crippen LogP contribution in [0.4, 0.5) is 24.0 Å². The van der Waals surface area contributed by atoms with Crippen LogP contribution in [0.25, 0.3) is 0 Å². The lowest BCUT2D eigenvalue weighted by Crippen LogP contribution is -2.61. The molecule has 0 radical (unpaired) electrons. The van der Waals surface area contributed by atoms with Crippen LogP contribution in [0.5, 0.6) is 0 Å². The van der Waals surface area contributed by atoms with Gasteiger partial charge in [-0.05, 0) is 162 Å². The van der Waals surface area contributed by atoms with Crippen LogP contribution in [0.1, 0.15) is 164 Å². The highest BCUT2D eigenvalue weighted by atomic mass is 16.6. The van der Waals surface area contributed by atoms with Gasteiger partial charge in [-0.1, -0.05) is 196 Å². The van der Waals surface area contributed by atoms with Gasteiger partial charge in [0.2, 0.25) is 47.3 Å². The van der Waals surface area contributed by atoms with E-state index in [4.69, 9.17) is 29.4 Å². The summed E-state index contributed by atoms with van der Waals surface area (Å²) in [6, 6.07) is 38.8. The van der Waals surface area contributed by atoms with E-state index in [9.17, 15) is 63.3 Å². The van der Waals surface area contributed by atoms with Gasteiger partial charge >= 0.3 is 36.4 Å². The van der Waals surface area contributed by atoms with E-state index in [0.29, 0.717) is 17.5 Å². The number of nitrogens with one attached hydrogen (secondary N) is 13. The number of amides is 13. The van der Waals surface area contributed by atoms with Crippen LogP contribution in [-0.2, 0) is 106 Å².